The Morgan fingerprint density at radius 1 is 1.35 bits per heavy atom. The molecule has 1 aromatic carbocycles. The Labute approximate surface area is 120 Å². The number of hydrogen-bond acceptors (Lipinski definition) is 2. The molecule has 20 heavy (non-hydrogen) atoms. The van der Waals surface area contributed by atoms with Crippen LogP contribution >= 0.6 is 0 Å². The Kier molecular flexibility index (Phi) is 3.79. The smallest absolute Gasteiger partial charge is 0.134 e. The quantitative estimate of drug-likeness (QED) is 0.830. The van der Waals surface area contributed by atoms with E-state index in [1.54, 1.807) is 0 Å². The van der Waals surface area contributed by atoms with E-state index in [4.69, 9.17) is 4.74 Å². The zero-order valence-corrected chi connectivity index (χ0v) is 12.2. The molecule has 2 bridgehead atoms. The second-order valence-corrected chi connectivity index (χ2v) is 5.79. The van der Waals surface area contributed by atoms with Crippen LogP contribution in [0.3, 0.4) is 0 Å². The van der Waals surface area contributed by atoms with Crippen molar-refractivity contribution in [2.75, 3.05) is 13.7 Å². The molecule has 3 rings (SSSR count). The van der Waals surface area contributed by atoms with Crippen molar-refractivity contribution in [1.29, 1.82) is 0 Å². The Morgan fingerprint density at radius 3 is 2.90 bits per heavy atom. The van der Waals surface area contributed by atoms with Crippen molar-refractivity contribution in [3.05, 3.63) is 35.7 Å². The first-order valence-electron chi connectivity index (χ1n) is 7.54. The number of likely N-dealkylation sites (N-methyl/N-ethyl adjacent to an activating group) is 1. The first kappa shape index (κ1) is 13.6. The summed E-state index contributed by atoms with van der Waals surface area (Å²) in [6.07, 6.45) is 6.92. The fourth-order valence-electron chi connectivity index (χ4n) is 3.45. The normalized spacial score (nSPS) is 26.2. The van der Waals surface area contributed by atoms with Crippen LogP contribution in [-0.4, -0.2) is 30.6 Å². The van der Waals surface area contributed by atoms with E-state index in [2.05, 4.69) is 18.0 Å². The SMILES string of the molecule is CCOc1ccc(C2=CC3CCCC(C2)N3C)c(F)c1. The highest BCUT2D eigenvalue weighted by Crippen LogP contribution is 2.37. The van der Waals surface area contributed by atoms with E-state index in [0.717, 1.165) is 12.0 Å². The van der Waals surface area contributed by atoms with Crippen molar-refractivity contribution in [3.8, 4) is 5.75 Å². The van der Waals surface area contributed by atoms with Crippen LogP contribution in [0, 0.1) is 5.82 Å². The number of fused-ring (bicyclic) bond motifs is 2. The van der Waals surface area contributed by atoms with Crippen molar-refractivity contribution in [2.45, 2.75) is 44.7 Å². The molecule has 1 saturated heterocycles. The Morgan fingerprint density at radius 2 is 2.20 bits per heavy atom. The molecule has 0 radical (unpaired) electrons. The van der Waals surface area contributed by atoms with Crippen LogP contribution in [0.4, 0.5) is 4.39 Å². The molecule has 0 aliphatic carbocycles. The Bertz CT molecular complexity index is 526. The lowest BCUT2D eigenvalue weighted by atomic mass is 9.83. The summed E-state index contributed by atoms with van der Waals surface area (Å²) >= 11 is 0. The van der Waals surface area contributed by atoms with E-state index < -0.39 is 0 Å². The van der Waals surface area contributed by atoms with Crippen LogP contribution in [0.1, 0.15) is 38.2 Å². The molecule has 0 saturated carbocycles. The van der Waals surface area contributed by atoms with Crippen molar-refractivity contribution in [3.63, 3.8) is 0 Å². The first-order valence-corrected chi connectivity index (χ1v) is 7.54. The van der Waals surface area contributed by atoms with E-state index in [9.17, 15) is 4.39 Å². The third-order valence-electron chi connectivity index (χ3n) is 4.58. The lowest BCUT2D eigenvalue weighted by Crippen LogP contribution is -2.45. The molecule has 0 N–H and O–H groups in total. The van der Waals surface area contributed by atoms with Crippen LogP contribution in [0.15, 0.2) is 24.3 Å². The summed E-state index contributed by atoms with van der Waals surface area (Å²) in [5.41, 5.74) is 1.91. The summed E-state index contributed by atoms with van der Waals surface area (Å²) in [6, 6.07) is 6.29. The molecule has 0 amide bonds. The maximum absolute atomic E-state index is 14.3. The van der Waals surface area contributed by atoms with Gasteiger partial charge in [0.15, 0.2) is 0 Å². The van der Waals surface area contributed by atoms with Gasteiger partial charge in [0, 0.05) is 23.7 Å². The van der Waals surface area contributed by atoms with Gasteiger partial charge in [0.1, 0.15) is 11.6 Å². The van der Waals surface area contributed by atoms with Gasteiger partial charge >= 0.3 is 0 Å². The highest BCUT2D eigenvalue weighted by atomic mass is 19.1. The van der Waals surface area contributed by atoms with E-state index in [0.29, 0.717) is 24.4 Å². The number of nitrogens with zero attached hydrogens (tertiary/aromatic N) is 1. The highest BCUT2D eigenvalue weighted by Gasteiger charge is 2.31. The van der Waals surface area contributed by atoms with Crippen LogP contribution < -0.4 is 4.74 Å². The van der Waals surface area contributed by atoms with Crippen molar-refractivity contribution >= 4 is 5.57 Å². The van der Waals surface area contributed by atoms with Crippen molar-refractivity contribution < 1.29 is 9.13 Å². The van der Waals surface area contributed by atoms with Gasteiger partial charge in [-0.25, -0.2) is 4.39 Å². The minimum atomic E-state index is -0.162. The third kappa shape index (κ3) is 2.47. The van der Waals surface area contributed by atoms with Gasteiger partial charge in [-0.3, -0.25) is 4.90 Å². The molecular formula is C17H22FNO. The average molecular weight is 275 g/mol. The molecule has 2 aliphatic rings. The standard InChI is InChI=1S/C17H22FNO/c1-3-20-15-7-8-16(17(18)11-15)12-9-13-5-4-6-14(10-12)19(13)2/h7-9,11,13-14H,3-6,10H2,1-2H3. The topological polar surface area (TPSA) is 12.5 Å². The maximum Gasteiger partial charge on any atom is 0.134 e. The molecule has 0 aromatic heterocycles. The minimum Gasteiger partial charge on any atom is -0.494 e. The summed E-state index contributed by atoms with van der Waals surface area (Å²) < 4.78 is 19.6. The molecule has 3 heteroatoms. The zero-order valence-electron chi connectivity index (χ0n) is 12.2. The molecule has 1 fully saturated rings. The number of piperidine rings is 1. The summed E-state index contributed by atoms with van der Waals surface area (Å²) in [5.74, 6) is 0.451. The average Bonchev–Trinajstić information content (AvgIpc) is 2.39. The van der Waals surface area contributed by atoms with Gasteiger partial charge in [-0.15, -0.1) is 0 Å². The molecule has 0 spiro atoms. The van der Waals surface area contributed by atoms with Crippen molar-refractivity contribution in [2.24, 2.45) is 0 Å². The Hall–Kier alpha value is -1.35. The minimum absolute atomic E-state index is 0.162. The van der Waals surface area contributed by atoms with E-state index in [1.165, 1.54) is 30.9 Å². The summed E-state index contributed by atoms with van der Waals surface area (Å²) in [4.78, 5) is 2.44. The van der Waals surface area contributed by atoms with Gasteiger partial charge in [-0.2, -0.15) is 0 Å². The molecule has 2 heterocycles. The lowest BCUT2D eigenvalue weighted by Gasteiger charge is -2.42. The van der Waals surface area contributed by atoms with Crippen LogP contribution in [-0.2, 0) is 0 Å². The van der Waals surface area contributed by atoms with E-state index in [-0.39, 0.29) is 5.82 Å². The number of ether oxygens (including phenoxy) is 1. The van der Waals surface area contributed by atoms with Gasteiger partial charge in [-0.05, 0) is 50.9 Å². The molecule has 2 unspecified atom stereocenters. The van der Waals surface area contributed by atoms with Crippen LogP contribution in [0.5, 0.6) is 5.75 Å². The number of benzene rings is 1. The second-order valence-electron chi connectivity index (χ2n) is 5.79. The largest absolute Gasteiger partial charge is 0.494 e. The summed E-state index contributed by atoms with van der Waals surface area (Å²) in [7, 11) is 2.19. The van der Waals surface area contributed by atoms with Gasteiger partial charge in [0.05, 0.1) is 6.61 Å². The highest BCUT2D eigenvalue weighted by molar-refractivity contribution is 5.68. The van der Waals surface area contributed by atoms with Gasteiger partial charge in [0.25, 0.3) is 0 Å². The molecular weight excluding hydrogens is 253 g/mol. The Balaban J connectivity index is 1.89. The number of halogens is 1. The lowest BCUT2D eigenvalue weighted by molar-refractivity contribution is 0.137. The van der Waals surface area contributed by atoms with Gasteiger partial charge < -0.3 is 4.74 Å². The molecule has 108 valence electrons. The summed E-state index contributed by atoms with van der Waals surface area (Å²) in [5, 5.41) is 0. The van der Waals surface area contributed by atoms with E-state index in [1.807, 2.05) is 19.1 Å². The maximum atomic E-state index is 14.3. The van der Waals surface area contributed by atoms with Crippen molar-refractivity contribution in [1.82, 2.24) is 4.90 Å². The molecule has 2 atom stereocenters. The first-order chi connectivity index (χ1) is 9.69. The molecule has 1 aromatic rings. The predicted octanol–water partition coefficient (Wildman–Crippen LogP) is 3.86. The van der Waals surface area contributed by atoms with Crippen LogP contribution in [0.2, 0.25) is 0 Å². The fraction of sp³-hybridized carbons (Fsp3) is 0.529. The van der Waals surface area contributed by atoms with Gasteiger partial charge in [-0.1, -0.05) is 12.5 Å². The van der Waals surface area contributed by atoms with Crippen LogP contribution in [0.25, 0.3) is 5.57 Å². The van der Waals surface area contributed by atoms with Gasteiger partial charge in [0.2, 0.25) is 0 Å². The zero-order chi connectivity index (χ0) is 14.1. The van der Waals surface area contributed by atoms with E-state index >= 15 is 0 Å². The third-order valence-corrected chi connectivity index (χ3v) is 4.58. The second kappa shape index (κ2) is 5.57. The number of rotatable bonds is 3. The molecule has 2 aliphatic heterocycles. The molecule has 2 nitrogen and oxygen atoms in total. The summed E-state index contributed by atoms with van der Waals surface area (Å²) in [6.45, 7) is 2.48. The number of hydrogen-bond donors (Lipinski definition) is 0. The monoisotopic (exact) mass is 275 g/mol. The fourth-order valence-corrected chi connectivity index (χ4v) is 3.45. The predicted molar refractivity (Wildman–Crippen MR) is 79.4 cm³/mol.